The summed E-state index contributed by atoms with van der Waals surface area (Å²) in [5.41, 5.74) is 3.19. The Balaban J connectivity index is 1.53. The predicted octanol–water partition coefficient (Wildman–Crippen LogP) is 2.60. The number of fused-ring (bicyclic) bond motifs is 1. The van der Waals surface area contributed by atoms with Crippen molar-refractivity contribution >= 4 is 10.9 Å². The molecule has 1 fully saturated rings. The fraction of sp³-hybridized carbons (Fsp3) is 0.286. The normalized spacial score (nSPS) is 26.2. The summed E-state index contributed by atoms with van der Waals surface area (Å²) in [5, 5.41) is 25.1. The number of aliphatic hydroxyl groups is 2. The molecule has 128 valence electrons. The molecule has 0 amide bonds. The molecule has 0 unspecified atom stereocenters. The van der Waals surface area contributed by atoms with Crippen molar-refractivity contribution < 1.29 is 10.2 Å². The maximum absolute atomic E-state index is 10.4. The highest BCUT2D eigenvalue weighted by molar-refractivity contribution is 5.78. The molecule has 4 atom stereocenters. The molecule has 1 saturated carbocycles. The number of aromatic nitrogens is 1. The number of hydrogen-bond donors (Lipinski definition) is 3. The van der Waals surface area contributed by atoms with Crippen molar-refractivity contribution in [2.45, 2.75) is 37.1 Å². The maximum Gasteiger partial charge on any atom is 0.0957 e. The van der Waals surface area contributed by atoms with Gasteiger partial charge in [-0.3, -0.25) is 4.98 Å². The molecular formula is C21H22N2O2. The monoisotopic (exact) mass is 334 g/mol. The number of pyridine rings is 1. The van der Waals surface area contributed by atoms with Gasteiger partial charge >= 0.3 is 0 Å². The standard InChI is InChI=1S/C21H22N2O2/c24-19-11-17(15-6-2-1-3-7-15)20(21(19)25)23-13-14-10-16-8-4-5-9-18(16)22-12-14/h1-10,12,17,19-21,23-25H,11,13H2/t17-,19-,20-,21-/m1/s1. The number of rotatable bonds is 4. The molecule has 1 aliphatic rings. The Morgan fingerprint density at radius 3 is 2.60 bits per heavy atom. The van der Waals surface area contributed by atoms with Gasteiger partial charge in [0.2, 0.25) is 0 Å². The van der Waals surface area contributed by atoms with Crippen molar-refractivity contribution in [3.63, 3.8) is 0 Å². The number of hydrogen-bond acceptors (Lipinski definition) is 4. The van der Waals surface area contributed by atoms with Gasteiger partial charge in [-0.15, -0.1) is 0 Å². The van der Waals surface area contributed by atoms with E-state index in [1.165, 1.54) is 0 Å². The third kappa shape index (κ3) is 3.29. The molecule has 0 aliphatic heterocycles. The molecule has 1 heterocycles. The van der Waals surface area contributed by atoms with Crippen LogP contribution in [0.1, 0.15) is 23.5 Å². The van der Waals surface area contributed by atoms with Crippen LogP contribution in [0.5, 0.6) is 0 Å². The van der Waals surface area contributed by atoms with Crippen LogP contribution in [0, 0.1) is 0 Å². The summed E-state index contributed by atoms with van der Waals surface area (Å²) >= 11 is 0. The minimum atomic E-state index is -0.765. The molecule has 1 aliphatic carbocycles. The van der Waals surface area contributed by atoms with Crippen LogP contribution in [0.2, 0.25) is 0 Å². The van der Waals surface area contributed by atoms with Crippen LogP contribution in [-0.2, 0) is 6.54 Å². The van der Waals surface area contributed by atoms with Gasteiger partial charge in [0.15, 0.2) is 0 Å². The Kier molecular flexibility index (Phi) is 4.49. The van der Waals surface area contributed by atoms with Crippen LogP contribution < -0.4 is 5.32 Å². The Labute approximate surface area is 147 Å². The predicted molar refractivity (Wildman–Crippen MR) is 98.2 cm³/mol. The second-order valence-corrected chi connectivity index (χ2v) is 6.75. The number of benzene rings is 2. The van der Waals surface area contributed by atoms with Gasteiger partial charge in [0.05, 0.1) is 17.7 Å². The highest BCUT2D eigenvalue weighted by Gasteiger charge is 2.41. The molecule has 0 saturated heterocycles. The average Bonchev–Trinajstić information content (AvgIpc) is 2.95. The highest BCUT2D eigenvalue weighted by Crippen LogP contribution is 2.35. The van der Waals surface area contributed by atoms with E-state index in [2.05, 4.69) is 28.5 Å². The molecule has 4 nitrogen and oxygen atoms in total. The number of nitrogens with one attached hydrogen (secondary N) is 1. The second-order valence-electron chi connectivity index (χ2n) is 6.75. The third-order valence-corrected chi connectivity index (χ3v) is 5.11. The molecule has 0 bridgehead atoms. The molecular weight excluding hydrogens is 312 g/mol. The minimum absolute atomic E-state index is 0.0969. The van der Waals surface area contributed by atoms with Crippen molar-refractivity contribution in [1.29, 1.82) is 0 Å². The van der Waals surface area contributed by atoms with Crippen LogP contribution in [0.3, 0.4) is 0 Å². The Morgan fingerprint density at radius 1 is 1.00 bits per heavy atom. The lowest BCUT2D eigenvalue weighted by Gasteiger charge is -2.24. The highest BCUT2D eigenvalue weighted by atomic mass is 16.3. The summed E-state index contributed by atoms with van der Waals surface area (Å²) in [7, 11) is 0. The van der Waals surface area contributed by atoms with Gasteiger partial charge in [-0.25, -0.2) is 0 Å². The number of para-hydroxylation sites is 1. The van der Waals surface area contributed by atoms with Gasteiger partial charge < -0.3 is 15.5 Å². The summed E-state index contributed by atoms with van der Waals surface area (Å²) < 4.78 is 0. The van der Waals surface area contributed by atoms with E-state index in [1.807, 2.05) is 48.7 Å². The van der Waals surface area contributed by atoms with E-state index in [0.29, 0.717) is 13.0 Å². The van der Waals surface area contributed by atoms with Gasteiger partial charge in [-0.2, -0.15) is 0 Å². The van der Waals surface area contributed by atoms with Crippen LogP contribution in [0.15, 0.2) is 66.9 Å². The van der Waals surface area contributed by atoms with Gasteiger partial charge in [0.25, 0.3) is 0 Å². The van der Waals surface area contributed by atoms with Crippen molar-refractivity contribution in [3.8, 4) is 0 Å². The van der Waals surface area contributed by atoms with Crippen molar-refractivity contribution in [1.82, 2.24) is 10.3 Å². The number of aliphatic hydroxyl groups excluding tert-OH is 2. The van der Waals surface area contributed by atoms with Crippen LogP contribution in [0.25, 0.3) is 10.9 Å². The first-order chi connectivity index (χ1) is 12.2. The summed E-state index contributed by atoms with van der Waals surface area (Å²) in [6, 6.07) is 20.1. The van der Waals surface area contributed by atoms with E-state index < -0.39 is 12.2 Å². The molecule has 4 rings (SSSR count). The Bertz CT molecular complexity index is 853. The van der Waals surface area contributed by atoms with E-state index in [4.69, 9.17) is 0 Å². The summed E-state index contributed by atoms with van der Waals surface area (Å²) in [6.45, 7) is 0.607. The summed E-state index contributed by atoms with van der Waals surface area (Å²) in [5.74, 6) is 0.0969. The smallest absolute Gasteiger partial charge is 0.0957 e. The van der Waals surface area contributed by atoms with E-state index in [1.54, 1.807) is 0 Å². The Hall–Kier alpha value is -2.27. The minimum Gasteiger partial charge on any atom is -0.390 e. The molecule has 3 aromatic rings. The number of nitrogens with zero attached hydrogens (tertiary/aromatic N) is 1. The molecule has 3 N–H and O–H groups in total. The van der Waals surface area contributed by atoms with Crippen molar-refractivity contribution in [3.05, 3.63) is 78.0 Å². The Morgan fingerprint density at radius 2 is 1.76 bits per heavy atom. The van der Waals surface area contributed by atoms with Crippen LogP contribution >= 0.6 is 0 Å². The molecule has 25 heavy (non-hydrogen) atoms. The van der Waals surface area contributed by atoms with E-state index in [0.717, 1.165) is 22.0 Å². The summed E-state index contributed by atoms with van der Waals surface area (Å²) in [4.78, 5) is 4.49. The first-order valence-electron chi connectivity index (χ1n) is 8.70. The first kappa shape index (κ1) is 16.2. The van der Waals surface area contributed by atoms with E-state index >= 15 is 0 Å². The zero-order chi connectivity index (χ0) is 17.2. The zero-order valence-electron chi connectivity index (χ0n) is 13.9. The lowest BCUT2D eigenvalue weighted by Crippen LogP contribution is -2.41. The van der Waals surface area contributed by atoms with Gasteiger partial charge in [0.1, 0.15) is 0 Å². The molecule has 1 aromatic heterocycles. The average molecular weight is 334 g/mol. The van der Waals surface area contributed by atoms with Gasteiger partial charge in [-0.05, 0) is 29.7 Å². The lowest BCUT2D eigenvalue weighted by atomic mass is 9.93. The lowest BCUT2D eigenvalue weighted by molar-refractivity contribution is 0.0297. The topological polar surface area (TPSA) is 65.4 Å². The SMILES string of the molecule is O[C@H]1[C@H](NCc2cnc3ccccc3c2)[C@@H](c2ccccc2)C[C@H]1O. The van der Waals surface area contributed by atoms with Crippen molar-refractivity contribution in [2.24, 2.45) is 0 Å². The quantitative estimate of drug-likeness (QED) is 0.686. The van der Waals surface area contributed by atoms with Crippen molar-refractivity contribution in [2.75, 3.05) is 0 Å². The second kappa shape index (κ2) is 6.92. The largest absolute Gasteiger partial charge is 0.390 e. The van der Waals surface area contributed by atoms with Crippen LogP contribution in [-0.4, -0.2) is 33.4 Å². The molecule has 0 spiro atoms. The van der Waals surface area contributed by atoms with Gasteiger partial charge in [-0.1, -0.05) is 48.5 Å². The zero-order valence-corrected chi connectivity index (χ0v) is 13.9. The summed E-state index contributed by atoms with van der Waals surface area (Å²) in [6.07, 6.45) is 0.972. The fourth-order valence-corrected chi connectivity index (χ4v) is 3.78. The fourth-order valence-electron chi connectivity index (χ4n) is 3.78. The van der Waals surface area contributed by atoms with Crippen LogP contribution in [0.4, 0.5) is 0 Å². The molecule has 2 aromatic carbocycles. The van der Waals surface area contributed by atoms with E-state index in [-0.39, 0.29) is 12.0 Å². The first-order valence-corrected chi connectivity index (χ1v) is 8.70. The van der Waals surface area contributed by atoms with E-state index in [9.17, 15) is 10.2 Å². The third-order valence-electron chi connectivity index (χ3n) is 5.11. The molecule has 4 heteroatoms. The maximum atomic E-state index is 10.4. The van der Waals surface area contributed by atoms with Gasteiger partial charge in [0, 0.05) is 30.1 Å². The molecule has 0 radical (unpaired) electrons.